The zero-order chi connectivity index (χ0) is 13.3. The summed E-state index contributed by atoms with van der Waals surface area (Å²) in [6.07, 6.45) is 0.197. The van der Waals surface area contributed by atoms with Gasteiger partial charge in [0.2, 0.25) is 0 Å². The van der Waals surface area contributed by atoms with Crippen molar-refractivity contribution in [3.05, 3.63) is 33.8 Å². The normalized spacial score (nSPS) is 24.1. The fourth-order valence-corrected chi connectivity index (χ4v) is 2.76. The number of morpholine rings is 1. The highest BCUT2D eigenvalue weighted by Crippen LogP contribution is 2.23. The van der Waals surface area contributed by atoms with E-state index >= 15 is 0 Å². The van der Waals surface area contributed by atoms with Crippen molar-refractivity contribution in [2.75, 3.05) is 13.1 Å². The SMILES string of the molecule is Cc1cccc(C(=O)N2CC(C)OC(C)C2)c1Br. The molecule has 18 heavy (non-hydrogen) atoms. The van der Waals surface area contributed by atoms with Gasteiger partial charge in [0.1, 0.15) is 0 Å². The minimum atomic E-state index is 0.0765. The number of rotatable bonds is 1. The predicted molar refractivity (Wildman–Crippen MR) is 74.8 cm³/mol. The molecule has 0 bridgehead atoms. The van der Waals surface area contributed by atoms with E-state index in [1.807, 2.05) is 43.9 Å². The van der Waals surface area contributed by atoms with Crippen molar-refractivity contribution < 1.29 is 9.53 Å². The predicted octanol–water partition coefficient (Wildman–Crippen LogP) is 3.01. The molecule has 0 N–H and O–H groups in total. The van der Waals surface area contributed by atoms with E-state index in [0.717, 1.165) is 15.6 Å². The van der Waals surface area contributed by atoms with Crippen LogP contribution in [0, 0.1) is 6.92 Å². The van der Waals surface area contributed by atoms with Gasteiger partial charge in [0.15, 0.2) is 0 Å². The first kappa shape index (κ1) is 13.6. The first-order chi connectivity index (χ1) is 8.49. The van der Waals surface area contributed by atoms with Gasteiger partial charge in [-0.15, -0.1) is 0 Å². The van der Waals surface area contributed by atoms with E-state index in [-0.39, 0.29) is 18.1 Å². The van der Waals surface area contributed by atoms with Crippen molar-refractivity contribution in [2.45, 2.75) is 33.0 Å². The number of halogens is 1. The number of ether oxygens (including phenoxy) is 1. The number of hydrogen-bond donors (Lipinski definition) is 0. The Kier molecular flexibility index (Phi) is 4.07. The molecule has 1 amide bonds. The summed E-state index contributed by atoms with van der Waals surface area (Å²) in [7, 11) is 0. The summed E-state index contributed by atoms with van der Waals surface area (Å²) in [5.41, 5.74) is 1.81. The molecule has 98 valence electrons. The van der Waals surface area contributed by atoms with Gasteiger partial charge in [-0.2, -0.15) is 0 Å². The maximum Gasteiger partial charge on any atom is 0.255 e. The molecule has 1 aliphatic rings. The molecule has 0 radical (unpaired) electrons. The number of carbonyl (C=O) groups is 1. The lowest BCUT2D eigenvalue weighted by Gasteiger charge is -2.35. The maximum absolute atomic E-state index is 12.5. The second-order valence-corrected chi connectivity index (χ2v) is 5.70. The lowest BCUT2D eigenvalue weighted by Crippen LogP contribution is -2.48. The molecule has 2 unspecified atom stereocenters. The monoisotopic (exact) mass is 311 g/mol. The van der Waals surface area contributed by atoms with Gasteiger partial charge in [-0.05, 0) is 48.3 Å². The average molecular weight is 312 g/mol. The van der Waals surface area contributed by atoms with Crippen molar-refractivity contribution in [3.63, 3.8) is 0 Å². The molecule has 2 rings (SSSR count). The van der Waals surface area contributed by atoms with Crippen molar-refractivity contribution >= 4 is 21.8 Å². The van der Waals surface area contributed by atoms with Gasteiger partial charge in [-0.3, -0.25) is 4.79 Å². The second-order valence-electron chi connectivity index (χ2n) is 4.90. The number of hydrogen-bond acceptors (Lipinski definition) is 2. The van der Waals surface area contributed by atoms with Crippen molar-refractivity contribution in [3.8, 4) is 0 Å². The molecule has 1 aromatic carbocycles. The van der Waals surface area contributed by atoms with Crippen LogP contribution in [0.4, 0.5) is 0 Å². The molecule has 0 aromatic heterocycles. The summed E-state index contributed by atoms with van der Waals surface area (Å²) in [6.45, 7) is 7.31. The molecular formula is C14H18BrNO2. The maximum atomic E-state index is 12.5. The van der Waals surface area contributed by atoms with E-state index in [4.69, 9.17) is 4.74 Å². The number of carbonyl (C=O) groups excluding carboxylic acids is 1. The molecule has 1 aromatic rings. The van der Waals surface area contributed by atoms with Gasteiger partial charge in [0, 0.05) is 17.6 Å². The zero-order valence-electron chi connectivity index (χ0n) is 10.9. The highest BCUT2D eigenvalue weighted by molar-refractivity contribution is 9.10. The minimum Gasteiger partial charge on any atom is -0.372 e. The van der Waals surface area contributed by atoms with Gasteiger partial charge in [-0.25, -0.2) is 0 Å². The quantitative estimate of drug-likeness (QED) is 0.798. The lowest BCUT2D eigenvalue weighted by molar-refractivity contribution is -0.0586. The summed E-state index contributed by atoms with van der Waals surface area (Å²) >= 11 is 3.50. The standard InChI is InChI=1S/C14H18BrNO2/c1-9-5-4-6-12(13(9)15)14(17)16-7-10(2)18-11(3)8-16/h4-6,10-11H,7-8H2,1-3H3. The Morgan fingerprint density at radius 3 is 2.56 bits per heavy atom. The first-order valence-electron chi connectivity index (χ1n) is 6.19. The number of amides is 1. The van der Waals surface area contributed by atoms with Crippen LogP contribution in [-0.2, 0) is 4.74 Å². The van der Waals surface area contributed by atoms with Gasteiger partial charge in [-0.1, -0.05) is 12.1 Å². The Morgan fingerprint density at radius 2 is 1.94 bits per heavy atom. The Labute approximate surface area is 116 Å². The Morgan fingerprint density at radius 1 is 1.33 bits per heavy atom. The van der Waals surface area contributed by atoms with Crippen molar-refractivity contribution in [2.24, 2.45) is 0 Å². The fraction of sp³-hybridized carbons (Fsp3) is 0.500. The van der Waals surface area contributed by atoms with E-state index < -0.39 is 0 Å². The van der Waals surface area contributed by atoms with Crippen LogP contribution in [0.5, 0.6) is 0 Å². The van der Waals surface area contributed by atoms with Crippen molar-refractivity contribution in [1.82, 2.24) is 4.90 Å². The summed E-state index contributed by atoms with van der Waals surface area (Å²) in [5, 5.41) is 0. The van der Waals surface area contributed by atoms with Crippen LogP contribution in [0.2, 0.25) is 0 Å². The molecule has 0 aliphatic carbocycles. The largest absolute Gasteiger partial charge is 0.372 e. The van der Waals surface area contributed by atoms with Gasteiger partial charge >= 0.3 is 0 Å². The van der Waals surface area contributed by atoms with Crippen LogP contribution in [0.15, 0.2) is 22.7 Å². The van der Waals surface area contributed by atoms with Gasteiger partial charge in [0.05, 0.1) is 17.8 Å². The molecular weight excluding hydrogens is 294 g/mol. The number of benzene rings is 1. The highest BCUT2D eigenvalue weighted by Gasteiger charge is 2.27. The highest BCUT2D eigenvalue weighted by atomic mass is 79.9. The van der Waals surface area contributed by atoms with Crippen LogP contribution in [0.3, 0.4) is 0 Å². The van der Waals surface area contributed by atoms with Gasteiger partial charge < -0.3 is 9.64 Å². The van der Waals surface area contributed by atoms with E-state index in [1.54, 1.807) is 0 Å². The molecule has 0 spiro atoms. The van der Waals surface area contributed by atoms with E-state index in [9.17, 15) is 4.79 Å². The average Bonchev–Trinajstić information content (AvgIpc) is 2.30. The molecule has 1 aliphatic heterocycles. The van der Waals surface area contributed by atoms with Crippen LogP contribution in [0.25, 0.3) is 0 Å². The Hall–Kier alpha value is -0.870. The number of nitrogens with zero attached hydrogens (tertiary/aromatic N) is 1. The first-order valence-corrected chi connectivity index (χ1v) is 6.98. The summed E-state index contributed by atoms with van der Waals surface area (Å²) < 4.78 is 6.54. The van der Waals surface area contributed by atoms with Crippen LogP contribution < -0.4 is 0 Å². The van der Waals surface area contributed by atoms with Crippen LogP contribution in [-0.4, -0.2) is 36.1 Å². The van der Waals surface area contributed by atoms with E-state index in [0.29, 0.717) is 13.1 Å². The van der Waals surface area contributed by atoms with Gasteiger partial charge in [0.25, 0.3) is 5.91 Å². The third-order valence-electron chi connectivity index (χ3n) is 3.13. The van der Waals surface area contributed by atoms with Crippen molar-refractivity contribution in [1.29, 1.82) is 0 Å². The third-order valence-corrected chi connectivity index (χ3v) is 4.18. The molecule has 1 heterocycles. The molecule has 2 atom stereocenters. The molecule has 1 fully saturated rings. The Balaban J connectivity index is 2.23. The summed E-state index contributed by atoms with van der Waals surface area (Å²) in [5.74, 6) is 0.0765. The van der Waals surface area contributed by atoms with E-state index in [1.165, 1.54) is 0 Å². The molecule has 0 saturated carbocycles. The molecule has 4 heteroatoms. The topological polar surface area (TPSA) is 29.5 Å². The smallest absolute Gasteiger partial charge is 0.255 e. The summed E-state index contributed by atoms with van der Waals surface area (Å²) in [4.78, 5) is 14.4. The summed E-state index contributed by atoms with van der Waals surface area (Å²) in [6, 6.07) is 5.77. The molecule has 3 nitrogen and oxygen atoms in total. The third kappa shape index (κ3) is 2.75. The number of aryl methyl sites for hydroxylation is 1. The van der Waals surface area contributed by atoms with Crippen LogP contribution >= 0.6 is 15.9 Å². The Bertz CT molecular complexity index is 451. The fourth-order valence-electron chi connectivity index (χ4n) is 2.33. The minimum absolute atomic E-state index is 0.0765. The zero-order valence-corrected chi connectivity index (χ0v) is 12.5. The van der Waals surface area contributed by atoms with Crippen LogP contribution in [0.1, 0.15) is 29.8 Å². The van der Waals surface area contributed by atoms with E-state index in [2.05, 4.69) is 15.9 Å². The second kappa shape index (κ2) is 5.41. The lowest BCUT2D eigenvalue weighted by atomic mass is 10.1. The molecule has 1 saturated heterocycles.